The Morgan fingerprint density at radius 3 is 2.11 bits per heavy atom. The van der Waals surface area contributed by atoms with Gasteiger partial charge in [0, 0.05) is 19.3 Å². The predicted molar refractivity (Wildman–Crippen MR) is 68.0 cm³/mol. The van der Waals surface area contributed by atoms with Crippen molar-refractivity contribution >= 4 is 5.97 Å². The van der Waals surface area contributed by atoms with Crippen LogP contribution in [0.1, 0.15) is 6.92 Å². The Hall–Kier alpha value is -2.56. The van der Waals surface area contributed by atoms with E-state index >= 15 is 0 Å². The molecule has 5 nitrogen and oxygen atoms in total. The maximum atomic E-state index is 11.4. The van der Waals surface area contributed by atoms with Crippen LogP contribution in [0.3, 0.4) is 0 Å². The van der Waals surface area contributed by atoms with Gasteiger partial charge in [0.1, 0.15) is 11.5 Å². The molecule has 1 atom stereocenters. The minimum atomic E-state index is -1.80. The fourth-order valence-corrected chi connectivity index (χ4v) is 1.45. The largest absolute Gasteiger partial charge is 0.475 e. The van der Waals surface area contributed by atoms with Crippen LogP contribution in [0.2, 0.25) is 0 Å². The summed E-state index contributed by atoms with van der Waals surface area (Å²) in [6, 6.07) is 11.8. The summed E-state index contributed by atoms with van der Waals surface area (Å²) in [5.74, 6) is -2.23. The molecule has 0 aliphatic heterocycles. The molecule has 1 unspecified atom stereocenters. The summed E-state index contributed by atoms with van der Waals surface area (Å²) in [6.45, 7) is 1.35. The Labute approximate surface area is 110 Å². The molecule has 0 saturated heterocycles. The van der Waals surface area contributed by atoms with Crippen LogP contribution in [0.15, 0.2) is 54.9 Å². The highest BCUT2D eigenvalue weighted by Crippen LogP contribution is 2.22. The number of hydrogen-bond donors (Lipinski definition) is 1. The fraction of sp³-hybridized carbons (Fsp3) is 0.143. The monoisotopic (exact) mass is 259 g/mol. The number of carboxylic acid groups (broad SMARTS) is 1. The minimum absolute atomic E-state index is 0.371. The van der Waals surface area contributed by atoms with Crippen molar-refractivity contribution in [1.82, 2.24) is 4.98 Å². The zero-order valence-electron chi connectivity index (χ0n) is 10.3. The molecule has 1 heterocycles. The number of ether oxygens (including phenoxy) is 2. The molecule has 5 heteroatoms. The van der Waals surface area contributed by atoms with Gasteiger partial charge >= 0.3 is 11.8 Å². The molecule has 2 aromatic rings. The number of carboxylic acids is 1. The van der Waals surface area contributed by atoms with Crippen molar-refractivity contribution in [2.75, 3.05) is 0 Å². The number of carbonyl (C=O) groups is 1. The van der Waals surface area contributed by atoms with E-state index in [0.29, 0.717) is 11.5 Å². The van der Waals surface area contributed by atoms with Crippen molar-refractivity contribution in [2.24, 2.45) is 0 Å². The van der Waals surface area contributed by atoms with Gasteiger partial charge in [-0.25, -0.2) is 4.79 Å². The van der Waals surface area contributed by atoms with Gasteiger partial charge in [0.05, 0.1) is 0 Å². The number of hydrogen-bond acceptors (Lipinski definition) is 4. The van der Waals surface area contributed by atoms with E-state index in [1.54, 1.807) is 36.4 Å². The van der Waals surface area contributed by atoms with Crippen LogP contribution >= 0.6 is 0 Å². The first-order chi connectivity index (χ1) is 9.10. The van der Waals surface area contributed by atoms with Gasteiger partial charge in [-0.3, -0.25) is 4.98 Å². The molecule has 2 rings (SSSR count). The highest BCUT2D eigenvalue weighted by molar-refractivity contribution is 5.76. The van der Waals surface area contributed by atoms with Crippen LogP contribution in [0.25, 0.3) is 0 Å². The second-order valence-electron chi connectivity index (χ2n) is 3.95. The summed E-state index contributed by atoms with van der Waals surface area (Å²) in [5, 5.41) is 9.29. The van der Waals surface area contributed by atoms with E-state index in [4.69, 9.17) is 9.47 Å². The molecule has 98 valence electrons. The highest BCUT2D eigenvalue weighted by atomic mass is 16.7. The Bertz CT molecular complexity index is 500. The third kappa shape index (κ3) is 3.22. The Morgan fingerprint density at radius 2 is 1.58 bits per heavy atom. The third-order valence-corrected chi connectivity index (χ3v) is 2.41. The lowest BCUT2D eigenvalue weighted by Crippen LogP contribution is -2.47. The third-order valence-electron chi connectivity index (χ3n) is 2.41. The van der Waals surface area contributed by atoms with E-state index in [-0.39, 0.29) is 0 Å². The standard InChI is InChI=1S/C14H13NO4/c1-14(13(16)17,18-11-5-3-2-4-6-11)19-12-7-9-15-10-8-12/h2-10H,1H3,(H,16,17). The maximum absolute atomic E-state index is 11.4. The zero-order valence-corrected chi connectivity index (χ0v) is 10.3. The number of aromatic nitrogens is 1. The van der Waals surface area contributed by atoms with E-state index in [1.807, 2.05) is 6.07 Å². The lowest BCUT2D eigenvalue weighted by atomic mass is 10.3. The van der Waals surface area contributed by atoms with Crippen molar-refractivity contribution in [3.63, 3.8) is 0 Å². The molecular formula is C14H13NO4. The number of benzene rings is 1. The molecule has 1 N–H and O–H groups in total. The van der Waals surface area contributed by atoms with E-state index in [0.717, 1.165) is 0 Å². The van der Waals surface area contributed by atoms with Crippen LogP contribution in [-0.2, 0) is 4.79 Å². The van der Waals surface area contributed by atoms with Gasteiger partial charge in [-0.05, 0) is 24.3 Å². The molecule has 19 heavy (non-hydrogen) atoms. The number of rotatable bonds is 5. The average Bonchev–Trinajstić information content (AvgIpc) is 2.40. The van der Waals surface area contributed by atoms with Gasteiger partial charge in [-0.15, -0.1) is 0 Å². The molecule has 0 aliphatic carbocycles. The molecule has 0 spiro atoms. The normalized spacial score (nSPS) is 13.3. The highest BCUT2D eigenvalue weighted by Gasteiger charge is 2.38. The van der Waals surface area contributed by atoms with E-state index in [1.165, 1.54) is 19.3 Å². The molecule has 1 aromatic heterocycles. The van der Waals surface area contributed by atoms with Gasteiger partial charge in [0.25, 0.3) is 0 Å². The van der Waals surface area contributed by atoms with Crippen molar-refractivity contribution in [2.45, 2.75) is 12.7 Å². The van der Waals surface area contributed by atoms with Crippen molar-refractivity contribution < 1.29 is 19.4 Å². The summed E-state index contributed by atoms with van der Waals surface area (Å²) in [4.78, 5) is 15.2. The van der Waals surface area contributed by atoms with Crippen LogP contribution in [-0.4, -0.2) is 21.8 Å². The smallest absolute Gasteiger partial charge is 0.390 e. The Kier molecular flexibility index (Phi) is 3.66. The van der Waals surface area contributed by atoms with Gasteiger partial charge in [0.15, 0.2) is 0 Å². The van der Waals surface area contributed by atoms with Crippen molar-refractivity contribution in [3.05, 3.63) is 54.9 Å². The maximum Gasteiger partial charge on any atom is 0.390 e. The van der Waals surface area contributed by atoms with Crippen molar-refractivity contribution in [1.29, 1.82) is 0 Å². The first-order valence-electron chi connectivity index (χ1n) is 5.67. The summed E-state index contributed by atoms with van der Waals surface area (Å²) < 4.78 is 10.8. The van der Waals surface area contributed by atoms with Gasteiger partial charge in [-0.1, -0.05) is 18.2 Å². The molecule has 0 bridgehead atoms. The number of nitrogens with zero attached hydrogens (tertiary/aromatic N) is 1. The van der Waals surface area contributed by atoms with E-state index in [2.05, 4.69) is 4.98 Å². The van der Waals surface area contributed by atoms with Gasteiger partial charge in [-0.2, -0.15) is 0 Å². The first kappa shape index (κ1) is 12.9. The summed E-state index contributed by atoms with van der Waals surface area (Å²) >= 11 is 0. The Balaban J connectivity index is 2.21. The van der Waals surface area contributed by atoms with Crippen LogP contribution in [0.4, 0.5) is 0 Å². The minimum Gasteiger partial charge on any atom is -0.475 e. The van der Waals surface area contributed by atoms with Crippen LogP contribution in [0, 0.1) is 0 Å². The molecule has 1 aromatic carbocycles. The van der Waals surface area contributed by atoms with E-state index in [9.17, 15) is 9.90 Å². The van der Waals surface area contributed by atoms with Crippen LogP contribution < -0.4 is 9.47 Å². The van der Waals surface area contributed by atoms with E-state index < -0.39 is 11.8 Å². The second kappa shape index (κ2) is 5.39. The van der Waals surface area contributed by atoms with Gasteiger partial charge < -0.3 is 14.6 Å². The molecule has 0 radical (unpaired) electrons. The zero-order chi connectivity index (χ0) is 13.7. The first-order valence-corrected chi connectivity index (χ1v) is 5.67. The molecule has 0 amide bonds. The molecule has 0 fully saturated rings. The average molecular weight is 259 g/mol. The second-order valence-corrected chi connectivity index (χ2v) is 3.95. The molecule has 0 saturated carbocycles. The Morgan fingerprint density at radius 1 is 1.05 bits per heavy atom. The van der Waals surface area contributed by atoms with Crippen molar-refractivity contribution in [3.8, 4) is 11.5 Å². The predicted octanol–water partition coefficient (Wildman–Crippen LogP) is 2.34. The van der Waals surface area contributed by atoms with Crippen LogP contribution in [0.5, 0.6) is 11.5 Å². The summed E-state index contributed by atoms with van der Waals surface area (Å²) in [6.07, 6.45) is 3.03. The SMILES string of the molecule is CC(Oc1ccccc1)(Oc1ccncc1)C(=O)O. The summed E-state index contributed by atoms with van der Waals surface area (Å²) in [7, 11) is 0. The fourth-order valence-electron chi connectivity index (χ4n) is 1.45. The number of aliphatic carboxylic acids is 1. The lowest BCUT2D eigenvalue weighted by Gasteiger charge is -2.26. The lowest BCUT2D eigenvalue weighted by molar-refractivity contribution is -0.181. The molecular weight excluding hydrogens is 246 g/mol. The number of pyridine rings is 1. The molecule has 0 aliphatic rings. The van der Waals surface area contributed by atoms with Gasteiger partial charge in [0.2, 0.25) is 0 Å². The quantitative estimate of drug-likeness (QED) is 0.835. The summed E-state index contributed by atoms with van der Waals surface area (Å²) in [5.41, 5.74) is 0. The number of para-hydroxylation sites is 1. The topological polar surface area (TPSA) is 68.7 Å².